The Kier molecular flexibility index (Phi) is 6.75. The van der Waals surface area contributed by atoms with Crippen molar-refractivity contribution < 1.29 is 0 Å². The maximum absolute atomic E-state index is 4.36. The molecule has 0 fully saturated rings. The summed E-state index contributed by atoms with van der Waals surface area (Å²) in [6.45, 7) is 10.1. The number of halogens is 1. The van der Waals surface area contributed by atoms with Crippen LogP contribution in [0.1, 0.15) is 31.9 Å². The Bertz CT molecular complexity index is 503. The molecule has 0 bridgehead atoms. The van der Waals surface area contributed by atoms with E-state index in [9.17, 15) is 0 Å². The Morgan fingerprint density at radius 3 is 2.10 bits per heavy atom. The Hall–Kier alpha value is -1.33. The van der Waals surface area contributed by atoms with Crippen LogP contribution in [0, 0.1) is 5.92 Å². The smallest absolute Gasteiger partial charge is 0.0534 e. The van der Waals surface area contributed by atoms with Gasteiger partial charge in [0.1, 0.15) is 0 Å². The molecule has 112 valence electrons. The van der Waals surface area contributed by atoms with E-state index in [1.807, 2.05) is 21.8 Å². The normalized spacial score (nSPS) is 10.8. The van der Waals surface area contributed by atoms with E-state index < -0.39 is 0 Å². The highest BCUT2D eigenvalue weighted by Gasteiger charge is 2.01. The Morgan fingerprint density at radius 1 is 1.05 bits per heavy atom. The highest BCUT2D eigenvalue weighted by atomic mass is 35.5. The zero-order valence-corrected chi connectivity index (χ0v) is 13.2. The molecule has 2 rings (SSSR count). The molecule has 20 heavy (non-hydrogen) atoms. The number of hydrogen-bond acceptors (Lipinski definition) is 3. The molecule has 0 aliphatic heterocycles. The fourth-order valence-electron chi connectivity index (χ4n) is 1.99. The lowest BCUT2D eigenvalue weighted by molar-refractivity contribution is 0.482. The van der Waals surface area contributed by atoms with Crippen molar-refractivity contribution >= 4 is 12.4 Å². The van der Waals surface area contributed by atoms with Crippen molar-refractivity contribution in [1.82, 2.24) is 24.9 Å². The Balaban J connectivity index is 0.00000200. The van der Waals surface area contributed by atoms with Crippen molar-refractivity contribution in [1.29, 1.82) is 0 Å². The topological polar surface area (TPSA) is 47.7 Å². The molecule has 0 atom stereocenters. The molecule has 0 unspecified atom stereocenters. The summed E-state index contributed by atoms with van der Waals surface area (Å²) in [4.78, 5) is 0. The van der Waals surface area contributed by atoms with Gasteiger partial charge in [0.25, 0.3) is 0 Å². The van der Waals surface area contributed by atoms with Gasteiger partial charge in [-0.05, 0) is 12.8 Å². The maximum atomic E-state index is 4.36. The van der Waals surface area contributed by atoms with Gasteiger partial charge < -0.3 is 5.32 Å². The highest BCUT2D eigenvalue weighted by molar-refractivity contribution is 5.85. The highest BCUT2D eigenvalue weighted by Crippen LogP contribution is 2.03. The predicted molar refractivity (Wildman–Crippen MR) is 82.8 cm³/mol. The van der Waals surface area contributed by atoms with Crippen LogP contribution in [0.25, 0.3) is 0 Å². The first-order valence-corrected chi connectivity index (χ1v) is 6.90. The molecule has 5 nitrogen and oxygen atoms in total. The number of rotatable bonds is 7. The van der Waals surface area contributed by atoms with Crippen molar-refractivity contribution in [3.63, 3.8) is 0 Å². The van der Waals surface area contributed by atoms with E-state index in [-0.39, 0.29) is 12.4 Å². The molecule has 0 aliphatic rings. The van der Waals surface area contributed by atoms with Gasteiger partial charge in [-0.15, -0.1) is 12.4 Å². The van der Waals surface area contributed by atoms with Gasteiger partial charge in [0.05, 0.1) is 12.4 Å². The van der Waals surface area contributed by atoms with Gasteiger partial charge in [0, 0.05) is 49.7 Å². The molecular formula is C14H24ClN5. The number of hydrogen-bond donors (Lipinski definition) is 1. The fraction of sp³-hybridized carbons (Fsp3) is 0.571. The van der Waals surface area contributed by atoms with Crippen LogP contribution in [-0.4, -0.2) is 19.6 Å². The first-order chi connectivity index (χ1) is 9.17. The fourth-order valence-corrected chi connectivity index (χ4v) is 1.99. The van der Waals surface area contributed by atoms with E-state index in [1.54, 1.807) is 0 Å². The third kappa shape index (κ3) is 4.98. The molecule has 0 saturated carbocycles. The number of aryl methyl sites for hydroxylation is 1. The van der Waals surface area contributed by atoms with Crippen LogP contribution in [0.3, 0.4) is 0 Å². The van der Waals surface area contributed by atoms with Crippen molar-refractivity contribution in [3.8, 4) is 0 Å². The van der Waals surface area contributed by atoms with Crippen LogP contribution < -0.4 is 5.32 Å². The lowest BCUT2D eigenvalue weighted by Gasteiger charge is -2.03. The summed E-state index contributed by atoms with van der Waals surface area (Å²) < 4.78 is 3.95. The third-order valence-electron chi connectivity index (χ3n) is 2.91. The molecule has 6 heteroatoms. The minimum absolute atomic E-state index is 0. The number of nitrogens with zero attached hydrogens (tertiary/aromatic N) is 4. The van der Waals surface area contributed by atoms with Gasteiger partial charge in [-0.3, -0.25) is 9.36 Å². The SMILES string of the molecule is CCn1cc(CNCc2cnn(CC(C)C)c2)cn1.Cl. The molecule has 2 aromatic rings. The summed E-state index contributed by atoms with van der Waals surface area (Å²) in [6.07, 6.45) is 8.04. The summed E-state index contributed by atoms with van der Waals surface area (Å²) in [6, 6.07) is 0. The molecule has 2 aromatic heterocycles. The van der Waals surface area contributed by atoms with Crippen LogP contribution in [0.15, 0.2) is 24.8 Å². The summed E-state index contributed by atoms with van der Waals surface area (Å²) in [5.41, 5.74) is 2.44. The number of aromatic nitrogens is 4. The summed E-state index contributed by atoms with van der Waals surface area (Å²) in [7, 11) is 0. The lowest BCUT2D eigenvalue weighted by atomic mass is 10.2. The third-order valence-corrected chi connectivity index (χ3v) is 2.91. The average molecular weight is 298 g/mol. The van der Waals surface area contributed by atoms with Gasteiger partial charge >= 0.3 is 0 Å². The van der Waals surface area contributed by atoms with Crippen molar-refractivity contribution in [2.75, 3.05) is 0 Å². The van der Waals surface area contributed by atoms with Gasteiger partial charge in [-0.25, -0.2) is 0 Å². The molecule has 0 radical (unpaired) electrons. The second-order valence-electron chi connectivity index (χ2n) is 5.27. The number of nitrogens with one attached hydrogen (secondary N) is 1. The van der Waals surface area contributed by atoms with Crippen molar-refractivity contribution in [3.05, 3.63) is 35.9 Å². The molecule has 0 saturated heterocycles. The maximum Gasteiger partial charge on any atom is 0.0534 e. The first kappa shape index (κ1) is 16.7. The summed E-state index contributed by atoms with van der Waals surface area (Å²) >= 11 is 0. The predicted octanol–water partition coefficient (Wildman–Crippen LogP) is 2.47. The van der Waals surface area contributed by atoms with E-state index in [4.69, 9.17) is 0 Å². The molecule has 0 aliphatic carbocycles. The van der Waals surface area contributed by atoms with Gasteiger partial charge in [0.2, 0.25) is 0 Å². The van der Waals surface area contributed by atoms with E-state index in [0.717, 1.165) is 26.2 Å². The largest absolute Gasteiger partial charge is 0.308 e. The monoisotopic (exact) mass is 297 g/mol. The zero-order chi connectivity index (χ0) is 13.7. The minimum Gasteiger partial charge on any atom is -0.308 e. The van der Waals surface area contributed by atoms with Crippen LogP contribution in [0.2, 0.25) is 0 Å². The van der Waals surface area contributed by atoms with Crippen molar-refractivity contribution in [2.24, 2.45) is 5.92 Å². The molecule has 2 heterocycles. The van der Waals surface area contributed by atoms with Gasteiger partial charge in [-0.1, -0.05) is 13.8 Å². The zero-order valence-electron chi connectivity index (χ0n) is 12.4. The van der Waals surface area contributed by atoms with Crippen LogP contribution in [0.4, 0.5) is 0 Å². The Labute approximate surface area is 126 Å². The minimum atomic E-state index is 0. The van der Waals surface area contributed by atoms with Crippen LogP contribution >= 0.6 is 12.4 Å². The Morgan fingerprint density at radius 2 is 1.60 bits per heavy atom. The quantitative estimate of drug-likeness (QED) is 0.854. The van der Waals surface area contributed by atoms with E-state index in [1.165, 1.54) is 11.1 Å². The van der Waals surface area contributed by atoms with E-state index in [0.29, 0.717) is 5.92 Å². The molecular weight excluding hydrogens is 274 g/mol. The van der Waals surface area contributed by atoms with Crippen LogP contribution in [-0.2, 0) is 26.2 Å². The average Bonchev–Trinajstić information content (AvgIpc) is 2.98. The molecule has 0 spiro atoms. The second kappa shape index (κ2) is 8.07. The van der Waals surface area contributed by atoms with E-state index >= 15 is 0 Å². The van der Waals surface area contributed by atoms with Crippen molar-refractivity contribution in [2.45, 2.75) is 47.0 Å². The van der Waals surface area contributed by atoms with Gasteiger partial charge in [0.15, 0.2) is 0 Å². The first-order valence-electron chi connectivity index (χ1n) is 6.90. The van der Waals surface area contributed by atoms with Crippen LogP contribution in [0.5, 0.6) is 0 Å². The van der Waals surface area contributed by atoms with Gasteiger partial charge in [-0.2, -0.15) is 10.2 Å². The lowest BCUT2D eigenvalue weighted by Crippen LogP contribution is -2.12. The summed E-state index contributed by atoms with van der Waals surface area (Å²) in [5, 5.41) is 12.0. The van der Waals surface area contributed by atoms with E-state index in [2.05, 4.69) is 48.7 Å². The second-order valence-corrected chi connectivity index (χ2v) is 5.27. The standard InChI is InChI=1S/C14H23N5.ClH/c1-4-18-10-13(7-16-18)5-15-6-14-8-17-19(11-14)9-12(2)3;/h7-8,10-12,15H,4-6,9H2,1-3H3;1H. The molecule has 0 amide bonds. The molecule has 1 N–H and O–H groups in total. The molecule has 0 aromatic carbocycles. The summed E-state index contributed by atoms with van der Waals surface area (Å²) in [5.74, 6) is 0.626.